The van der Waals surface area contributed by atoms with Crippen molar-refractivity contribution in [3.8, 4) is 0 Å². The van der Waals surface area contributed by atoms with Crippen molar-refractivity contribution in [2.24, 2.45) is 0 Å². The van der Waals surface area contributed by atoms with E-state index in [0.717, 1.165) is 38.5 Å². The summed E-state index contributed by atoms with van der Waals surface area (Å²) in [5.41, 5.74) is 0. The molecule has 0 aromatic rings. The molecule has 0 aliphatic rings. The predicted molar refractivity (Wildman–Crippen MR) is 56.2 cm³/mol. The molecule has 0 aliphatic carbocycles. The number of carboxylic acid groups (broad SMARTS) is 2. The first-order chi connectivity index (χ1) is 7.63. The quantitative estimate of drug-likeness (QED) is 0.298. The molecular weight excluding hydrogens is 231 g/mol. The van der Waals surface area contributed by atoms with Gasteiger partial charge in [0.1, 0.15) is 0 Å². The van der Waals surface area contributed by atoms with Gasteiger partial charge in [0.25, 0.3) is 0 Å². The van der Waals surface area contributed by atoms with Gasteiger partial charge in [0.15, 0.2) is 0 Å². The van der Waals surface area contributed by atoms with Crippen LogP contribution in [0.25, 0.3) is 0 Å². The molecule has 0 aliphatic heterocycles. The molecule has 0 saturated carbocycles. The maximum atomic E-state index is 10.1. The number of hydrogen-bond donors (Lipinski definition) is 0. The largest absolute Gasteiger partial charge is 1.00 e. The SMILES string of the molecule is O=C([O-])CCCCCCCCCCC(=O)[O-].[Na+]. The van der Waals surface area contributed by atoms with Gasteiger partial charge in [-0.15, -0.1) is 0 Å². The Bertz CT molecular complexity index is 185. The van der Waals surface area contributed by atoms with Crippen LogP contribution in [0.5, 0.6) is 0 Å². The van der Waals surface area contributed by atoms with Crippen LogP contribution in [0.2, 0.25) is 0 Å². The first kappa shape index (κ1) is 19.3. The molecule has 17 heavy (non-hydrogen) atoms. The Morgan fingerprint density at radius 2 is 0.824 bits per heavy atom. The van der Waals surface area contributed by atoms with Gasteiger partial charge in [0.05, 0.1) is 0 Å². The van der Waals surface area contributed by atoms with Crippen molar-refractivity contribution in [1.29, 1.82) is 0 Å². The molecular formula is C12H20NaO4-. The van der Waals surface area contributed by atoms with E-state index in [4.69, 9.17) is 0 Å². The summed E-state index contributed by atoms with van der Waals surface area (Å²) in [7, 11) is 0. The van der Waals surface area contributed by atoms with Crippen LogP contribution in [0.15, 0.2) is 0 Å². The molecule has 4 nitrogen and oxygen atoms in total. The molecule has 0 amide bonds. The summed E-state index contributed by atoms with van der Waals surface area (Å²) < 4.78 is 0. The second-order valence-corrected chi connectivity index (χ2v) is 4.07. The van der Waals surface area contributed by atoms with Crippen LogP contribution < -0.4 is 39.8 Å². The molecule has 0 atom stereocenters. The Morgan fingerprint density at radius 1 is 0.588 bits per heavy atom. The number of aliphatic carboxylic acids is 2. The summed E-state index contributed by atoms with van der Waals surface area (Å²) in [6.45, 7) is 0. The fourth-order valence-electron chi connectivity index (χ4n) is 1.60. The standard InChI is InChI=1S/C12H22O4.Na/c13-11(14)9-7-5-3-1-2-4-6-8-10-12(15)16;/h1-10H2,(H,13,14)(H,15,16);/q;+1/p-2. The Morgan fingerprint density at radius 3 is 1.06 bits per heavy atom. The van der Waals surface area contributed by atoms with Crippen LogP contribution in [0.3, 0.4) is 0 Å². The van der Waals surface area contributed by atoms with Gasteiger partial charge >= 0.3 is 29.6 Å². The van der Waals surface area contributed by atoms with Gasteiger partial charge in [-0.05, 0) is 25.7 Å². The smallest absolute Gasteiger partial charge is 0.550 e. The molecule has 0 unspecified atom stereocenters. The third kappa shape index (κ3) is 18.5. The van der Waals surface area contributed by atoms with E-state index in [1.165, 1.54) is 0 Å². The van der Waals surface area contributed by atoms with Gasteiger partial charge in [-0.1, -0.05) is 38.5 Å². The molecule has 0 spiro atoms. The molecule has 94 valence electrons. The van der Waals surface area contributed by atoms with Gasteiger partial charge in [0, 0.05) is 11.9 Å². The molecule has 0 aromatic carbocycles. The summed E-state index contributed by atoms with van der Waals surface area (Å²) in [5, 5.41) is 20.2. The zero-order valence-electron chi connectivity index (χ0n) is 10.7. The zero-order chi connectivity index (χ0) is 12.2. The van der Waals surface area contributed by atoms with E-state index in [2.05, 4.69) is 0 Å². The van der Waals surface area contributed by atoms with E-state index in [1.807, 2.05) is 0 Å². The van der Waals surface area contributed by atoms with Crippen molar-refractivity contribution in [3.63, 3.8) is 0 Å². The van der Waals surface area contributed by atoms with Crippen molar-refractivity contribution >= 4 is 11.9 Å². The Labute approximate surface area is 125 Å². The molecule has 0 bridgehead atoms. The Kier molecular flexibility index (Phi) is 15.9. The van der Waals surface area contributed by atoms with Crippen molar-refractivity contribution in [1.82, 2.24) is 0 Å². The molecule has 0 radical (unpaired) electrons. The normalized spacial score (nSPS) is 9.65. The summed E-state index contributed by atoms with van der Waals surface area (Å²) in [6.07, 6.45) is 7.88. The number of rotatable bonds is 11. The molecule has 5 heteroatoms. The van der Waals surface area contributed by atoms with Gasteiger partial charge in [-0.2, -0.15) is 0 Å². The van der Waals surface area contributed by atoms with Gasteiger partial charge < -0.3 is 19.8 Å². The van der Waals surface area contributed by atoms with E-state index in [9.17, 15) is 19.8 Å². The van der Waals surface area contributed by atoms with Crippen molar-refractivity contribution in [3.05, 3.63) is 0 Å². The fraction of sp³-hybridized carbons (Fsp3) is 0.833. The molecule has 0 N–H and O–H groups in total. The molecule has 0 heterocycles. The average molecular weight is 251 g/mol. The average Bonchev–Trinajstić information content (AvgIpc) is 2.20. The fourth-order valence-corrected chi connectivity index (χ4v) is 1.60. The monoisotopic (exact) mass is 251 g/mol. The van der Waals surface area contributed by atoms with E-state index in [1.54, 1.807) is 0 Å². The van der Waals surface area contributed by atoms with E-state index < -0.39 is 11.9 Å². The van der Waals surface area contributed by atoms with Gasteiger partial charge in [-0.25, -0.2) is 0 Å². The molecule has 0 fully saturated rings. The number of carboxylic acids is 2. The minimum absolute atomic E-state index is 0. The summed E-state index contributed by atoms with van der Waals surface area (Å²) in [4.78, 5) is 20.2. The van der Waals surface area contributed by atoms with Crippen molar-refractivity contribution in [2.75, 3.05) is 0 Å². The first-order valence-corrected chi connectivity index (χ1v) is 6.02. The van der Waals surface area contributed by atoms with Crippen LogP contribution in [-0.2, 0) is 9.59 Å². The zero-order valence-corrected chi connectivity index (χ0v) is 12.7. The van der Waals surface area contributed by atoms with Crippen LogP contribution >= 0.6 is 0 Å². The minimum atomic E-state index is -0.970. The van der Waals surface area contributed by atoms with E-state index in [-0.39, 0.29) is 42.4 Å². The van der Waals surface area contributed by atoms with Crippen LogP contribution in [0, 0.1) is 0 Å². The summed E-state index contributed by atoms with van der Waals surface area (Å²) >= 11 is 0. The van der Waals surface area contributed by atoms with Crippen LogP contribution in [0.1, 0.15) is 64.2 Å². The maximum absolute atomic E-state index is 10.1. The van der Waals surface area contributed by atoms with Gasteiger partial charge in [0.2, 0.25) is 0 Å². The number of unbranched alkanes of at least 4 members (excludes halogenated alkanes) is 7. The van der Waals surface area contributed by atoms with Crippen LogP contribution in [0.4, 0.5) is 0 Å². The Balaban J connectivity index is 0. The van der Waals surface area contributed by atoms with Gasteiger partial charge in [-0.3, -0.25) is 0 Å². The second-order valence-electron chi connectivity index (χ2n) is 4.07. The summed E-state index contributed by atoms with van der Waals surface area (Å²) in [5.74, 6) is -1.94. The molecule has 0 rings (SSSR count). The Hall–Kier alpha value is -0.0600. The molecule has 0 aromatic heterocycles. The number of carbonyl (C=O) groups excluding carboxylic acids is 2. The molecule has 0 saturated heterocycles. The van der Waals surface area contributed by atoms with Crippen molar-refractivity contribution in [2.45, 2.75) is 64.2 Å². The third-order valence-corrected chi connectivity index (χ3v) is 2.51. The summed E-state index contributed by atoms with van der Waals surface area (Å²) in [6, 6.07) is 0. The van der Waals surface area contributed by atoms with E-state index >= 15 is 0 Å². The minimum Gasteiger partial charge on any atom is -0.550 e. The maximum Gasteiger partial charge on any atom is 1.00 e. The number of carbonyl (C=O) groups is 2. The van der Waals surface area contributed by atoms with Crippen molar-refractivity contribution < 1.29 is 49.4 Å². The first-order valence-electron chi connectivity index (χ1n) is 6.02. The van der Waals surface area contributed by atoms with Crippen LogP contribution in [-0.4, -0.2) is 11.9 Å². The topological polar surface area (TPSA) is 80.3 Å². The third-order valence-electron chi connectivity index (χ3n) is 2.51. The number of hydrogen-bond acceptors (Lipinski definition) is 4. The predicted octanol–water partition coefficient (Wildman–Crippen LogP) is -2.61. The second kappa shape index (κ2) is 14.0. The van der Waals surface area contributed by atoms with E-state index in [0.29, 0.717) is 12.8 Å².